The van der Waals surface area contributed by atoms with Crippen molar-refractivity contribution in [2.75, 3.05) is 19.6 Å². The summed E-state index contributed by atoms with van der Waals surface area (Å²) in [5, 5.41) is 3.33. The molecule has 0 radical (unpaired) electrons. The quantitative estimate of drug-likeness (QED) is 0.563. The lowest BCUT2D eigenvalue weighted by Gasteiger charge is -2.03. The first-order valence-corrected chi connectivity index (χ1v) is 4.07. The van der Waals surface area contributed by atoms with E-state index in [0.717, 1.165) is 25.6 Å². The van der Waals surface area contributed by atoms with Gasteiger partial charge in [-0.05, 0) is 24.3 Å². The lowest BCUT2D eigenvalue weighted by atomic mass is 10.1. The predicted molar refractivity (Wildman–Crippen MR) is 43.8 cm³/mol. The number of rotatable bonds is 4. The van der Waals surface area contributed by atoms with Crippen molar-refractivity contribution in [1.29, 1.82) is 0 Å². The van der Waals surface area contributed by atoms with Gasteiger partial charge < -0.3 is 11.1 Å². The largest absolute Gasteiger partial charge is 0.329 e. The van der Waals surface area contributed by atoms with E-state index in [2.05, 4.69) is 19.2 Å². The first kappa shape index (κ1) is 8.02. The summed E-state index contributed by atoms with van der Waals surface area (Å²) in [7, 11) is 0. The molecule has 1 rings (SSSR count). The number of nitrogens with one attached hydrogen (secondary N) is 1. The molecule has 0 aromatic heterocycles. The van der Waals surface area contributed by atoms with E-state index in [-0.39, 0.29) is 0 Å². The van der Waals surface area contributed by atoms with Crippen LogP contribution in [0.25, 0.3) is 0 Å². The van der Waals surface area contributed by atoms with Gasteiger partial charge in [-0.3, -0.25) is 0 Å². The molecule has 2 nitrogen and oxygen atoms in total. The van der Waals surface area contributed by atoms with Crippen molar-refractivity contribution in [2.24, 2.45) is 17.1 Å². The molecular weight excluding hydrogens is 124 g/mol. The van der Waals surface area contributed by atoms with Gasteiger partial charge in [0.1, 0.15) is 0 Å². The number of hydrogen-bond acceptors (Lipinski definition) is 2. The zero-order valence-corrected chi connectivity index (χ0v) is 6.98. The standard InChI is InChI=1S/C8H18N2/c1-8(2)5-7(8)6-10-4-3-9/h7,10H,3-6,9H2,1-2H3. The third-order valence-corrected chi connectivity index (χ3v) is 2.43. The van der Waals surface area contributed by atoms with Crippen LogP contribution in [-0.4, -0.2) is 19.6 Å². The molecule has 10 heavy (non-hydrogen) atoms. The van der Waals surface area contributed by atoms with Crippen molar-refractivity contribution < 1.29 is 0 Å². The van der Waals surface area contributed by atoms with Crippen molar-refractivity contribution in [3.8, 4) is 0 Å². The van der Waals surface area contributed by atoms with Crippen LogP contribution in [0.5, 0.6) is 0 Å². The van der Waals surface area contributed by atoms with Crippen molar-refractivity contribution in [2.45, 2.75) is 20.3 Å². The Balaban J connectivity index is 1.97. The van der Waals surface area contributed by atoms with E-state index in [0.29, 0.717) is 5.41 Å². The first-order chi connectivity index (χ1) is 4.67. The third-order valence-electron chi connectivity index (χ3n) is 2.43. The second-order valence-electron chi connectivity index (χ2n) is 3.88. The van der Waals surface area contributed by atoms with Gasteiger partial charge in [0.05, 0.1) is 0 Å². The molecule has 0 saturated heterocycles. The third kappa shape index (κ3) is 1.96. The van der Waals surface area contributed by atoms with Gasteiger partial charge in [0, 0.05) is 13.1 Å². The molecule has 1 atom stereocenters. The Kier molecular flexibility index (Phi) is 2.32. The second-order valence-corrected chi connectivity index (χ2v) is 3.88. The topological polar surface area (TPSA) is 38.0 Å². The summed E-state index contributed by atoms with van der Waals surface area (Å²) >= 11 is 0. The van der Waals surface area contributed by atoms with Gasteiger partial charge in [0.25, 0.3) is 0 Å². The molecule has 0 aliphatic heterocycles. The lowest BCUT2D eigenvalue weighted by molar-refractivity contribution is 0.523. The van der Waals surface area contributed by atoms with E-state index >= 15 is 0 Å². The van der Waals surface area contributed by atoms with Gasteiger partial charge in [-0.15, -0.1) is 0 Å². The Hall–Kier alpha value is -0.0800. The van der Waals surface area contributed by atoms with E-state index in [9.17, 15) is 0 Å². The van der Waals surface area contributed by atoms with Crippen LogP contribution in [0, 0.1) is 11.3 Å². The van der Waals surface area contributed by atoms with Crippen LogP contribution >= 0.6 is 0 Å². The average Bonchev–Trinajstić information content (AvgIpc) is 2.41. The van der Waals surface area contributed by atoms with Crippen LogP contribution < -0.4 is 11.1 Å². The highest BCUT2D eigenvalue weighted by atomic mass is 14.9. The molecule has 3 N–H and O–H groups in total. The maximum atomic E-state index is 5.34. The van der Waals surface area contributed by atoms with Crippen molar-refractivity contribution in [3.63, 3.8) is 0 Å². The minimum Gasteiger partial charge on any atom is -0.329 e. The molecule has 2 heteroatoms. The fraction of sp³-hybridized carbons (Fsp3) is 1.00. The van der Waals surface area contributed by atoms with Gasteiger partial charge in [-0.1, -0.05) is 13.8 Å². The highest BCUT2D eigenvalue weighted by molar-refractivity contribution is 4.95. The molecule has 0 aromatic rings. The SMILES string of the molecule is CC1(C)CC1CNCCN. The van der Waals surface area contributed by atoms with Gasteiger partial charge in [-0.25, -0.2) is 0 Å². The Morgan fingerprint density at radius 1 is 1.60 bits per heavy atom. The Bertz CT molecular complexity index is 110. The molecule has 0 amide bonds. The summed E-state index contributed by atoms with van der Waals surface area (Å²) in [6.07, 6.45) is 1.38. The summed E-state index contributed by atoms with van der Waals surface area (Å²) in [4.78, 5) is 0. The van der Waals surface area contributed by atoms with Crippen LogP contribution in [0.1, 0.15) is 20.3 Å². The fourth-order valence-corrected chi connectivity index (χ4v) is 1.30. The fourth-order valence-electron chi connectivity index (χ4n) is 1.30. The van der Waals surface area contributed by atoms with Crippen molar-refractivity contribution >= 4 is 0 Å². The van der Waals surface area contributed by atoms with Gasteiger partial charge in [-0.2, -0.15) is 0 Å². The summed E-state index contributed by atoms with van der Waals surface area (Å²) in [6.45, 7) is 7.52. The smallest absolute Gasteiger partial charge is 0.00746 e. The predicted octanol–water partition coefficient (Wildman–Crippen LogP) is 0.581. The second kappa shape index (κ2) is 2.89. The molecule has 0 heterocycles. The maximum Gasteiger partial charge on any atom is 0.00746 e. The highest BCUT2D eigenvalue weighted by Gasteiger charge is 2.44. The molecule has 1 fully saturated rings. The van der Waals surface area contributed by atoms with E-state index in [1.165, 1.54) is 6.42 Å². The first-order valence-electron chi connectivity index (χ1n) is 4.07. The molecule has 1 aliphatic carbocycles. The normalized spacial score (nSPS) is 28.5. The Morgan fingerprint density at radius 3 is 2.60 bits per heavy atom. The Labute approximate surface area is 63.2 Å². The molecule has 1 unspecified atom stereocenters. The van der Waals surface area contributed by atoms with E-state index in [4.69, 9.17) is 5.73 Å². The van der Waals surface area contributed by atoms with Crippen molar-refractivity contribution in [1.82, 2.24) is 5.32 Å². The van der Waals surface area contributed by atoms with Crippen LogP contribution in [0.3, 0.4) is 0 Å². The zero-order chi connectivity index (χ0) is 7.61. The average molecular weight is 142 g/mol. The van der Waals surface area contributed by atoms with Crippen molar-refractivity contribution in [3.05, 3.63) is 0 Å². The molecule has 1 aliphatic rings. The van der Waals surface area contributed by atoms with Crippen LogP contribution in [0.4, 0.5) is 0 Å². The molecule has 0 spiro atoms. The Morgan fingerprint density at radius 2 is 2.20 bits per heavy atom. The molecule has 1 saturated carbocycles. The highest BCUT2D eigenvalue weighted by Crippen LogP contribution is 2.50. The van der Waals surface area contributed by atoms with Crippen LogP contribution in [-0.2, 0) is 0 Å². The van der Waals surface area contributed by atoms with Crippen LogP contribution in [0.15, 0.2) is 0 Å². The van der Waals surface area contributed by atoms with Gasteiger partial charge in [0.2, 0.25) is 0 Å². The van der Waals surface area contributed by atoms with E-state index in [1.54, 1.807) is 0 Å². The molecule has 60 valence electrons. The zero-order valence-electron chi connectivity index (χ0n) is 6.98. The maximum absolute atomic E-state index is 5.34. The van der Waals surface area contributed by atoms with Gasteiger partial charge >= 0.3 is 0 Å². The van der Waals surface area contributed by atoms with Gasteiger partial charge in [0.15, 0.2) is 0 Å². The summed E-state index contributed by atoms with van der Waals surface area (Å²) < 4.78 is 0. The minimum atomic E-state index is 0.613. The monoisotopic (exact) mass is 142 g/mol. The summed E-state index contributed by atoms with van der Waals surface area (Å²) in [5.74, 6) is 0.902. The van der Waals surface area contributed by atoms with E-state index in [1.807, 2.05) is 0 Å². The van der Waals surface area contributed by atoms with Crippen LogP contribution in [0.2, 0.25) is 0 Å². The molecule has 0 bridgehead atoms. The number of nitrogens with two attached hydrogens (primary N) is 1. The summed E-state index contributed by atoms with van der Waals surface area (Å²) in [6, 6.07) is 0. The molecular formula is C8H18N2. The minimum absolute atomic E-state index is 0.613. The molecule has 0 aromatic carbocycles. The summed E-state index contributed by atoms with van der Waals surface area (Å²) in [5.41, 5.74) is 5.95. The number of hydrogen-bond donors (Lipinski definition) is 2. The lowest BCUT2D eigenvalue weighted by Crippen LogP contribution is -2.25. The van der Waals surface area contributed by atoms with E-state index < -0.39 is 0 Å².